The van der Waals surface area contributed by atoms with Gasteiger partial charge in [-0.15, -0.1) is 0 Å². The van der Waals surface area contributed by atoms with E-state index in [1.807, 2.05) is 6.92 Å². The third kappa shape index (κ3) is 4.84. The van der Waals surface area contributed by atoms with Crippen molar-refractivity contribution in [2.24, 2.45) is 0 Å². The molecule has 0 aliphatic carbocycles. The predicted octanol–water partition coefficient (Wildman–Crippen LogP) is 2.21. The first kappa shape index (κ1) is 16.5. The Labute approximate surface area is 128 Å². The summed E-state index contributed by atoms with van der Waals surface area (Å²) in [6, 6.07) is 2.92. The number of benzene rings is 1. The van der Waals surface area contributed by atoms with Crippen molar-refractivity contribution in [3.05, 3.63) is 29.8 Å². The van der Waals surface area contributed by atoms with Gasteiger partial charge in [0.25, 0.3) is 0 Å². The van der Waals surface area contributed by atoms with E-state index in [2.05, 4.69) is 10.6 Å². The SMILES string of the molecule is C[C@H](NC(=O)NCCOc1ccc(F)c(F)c1)[C@H]1CCCO1. The maximum atomic E-state index is 13.0. The van der Waals surface area contributed by atoms with Gasteiger partial charge in [-0.1, -0.05) is 0 Å². The summed E-state index contributed by atoms with van der Waals surface area (Å²) in [5.41, 5.74) is 0. The van der Waals surface area contributed by atoms with Gasteiger partial charge in [-0.2, -0.15) is 0 Å². The minimum atomic E-state index is -0.964. The number of amides is 2. The van der Waals surface area contributed by atoms with Gasteiger partial charge in [0.05, 0.1) is 18.7 Å². The van der Waals surface area contributed by atoms with E-state index in [1.165, 1.54) is 6.07 Å². The molecule has 1 aliphatic heterocycles. The van der Waals surface area contributed by atoms with Crippen LogP contribution in [0.1, 0.15) is 19.8 Å². The van der Waals surface area contributed by atoms with Crippen LogP contribution < -0.4 is 15.4 Å². The molecule has 1 aliphatic rings. The Morgan fingerprint density at radius 2 is 2.27 bits per heavy atom. The molecule has 0 unspecified atom stereocenters. The minimum Gasteiger partial charge on any atom is -0.492 e. The average molecular weight is 314 g/mol. The maximum Gasteiger partial charge on any atom is 0.315 e. The van der Waals surface area contributed by atoms with E-state index in [1.54, 1.807) is 0 Å². The van der Waals surface area contributed by atoms with Gasteiger partial charge in [-0.05, 0) is 31.9 Å². The third-order valence-electron chi connectivity index (χ3n) is 3.43. The van der Waals surface area contributed by atoms with Crippen LogP contribution in [0.2, 0.25) is 0 Å². The standard InChI is InChI=1S/C15H20F2N2O3/c1-10(14-3-2-7-22-14)19-15(20)18-6-8-21-11-4-5-12(16)13(17)9-11/h4-5,9-10,14H,2-3,6-8H2,1H3,(H2,18,19,20)/t10-,14+/m0/s1. The summed E-state index contributed by atoms with van der Waals surface area (Å²) in [6.45, 7) is 3.05. The summed E-state index contributed by atoms with van der Waals surface area (Å²) >= 11 is 0. The molecule has 1 saturated heterocycles. The lowest BCUT2D eigenvalue weighted by molar-refractivity contribution is 0.0860. The predicted molar refractivity (Wildman–Crippen MR) is 76.8 cm³/mol. The van der Waals surface area contributed by atoms with Gasteiger partial charge < -0.3 is 20.1 Å². The Morgan fingerprint density at radius 1 is 1.45 bits per heavy atom. The lowest BCUT2D eigenvalue weighted by Crippen LogP contribution is -2.46. The molecule has 5 nitrogen and oxygen atoms in total. The highest BCUT2D eigenvalue weighted by molar-refractivity contribution is 5.74. The van der Waals surface area contributed by atoms with Gasteiger partial charge in [0, 0.05) is 12.7 Å². The summed E-state index contributed by atoms with van der Waals surface area (Å²) in [4.78, 5) is 11.7. The molecule has 122 valence electrons. The molecule has 1 heterocycles. The quantitative estimate of drug-likeness (QED) is 0.792. The van der Waals surface area contributed by atoms with Gasteiger partial charge in [0.1, 0.15) is 12.4 Å². The largest absolute Gasteiger partial charge is 0.492 e. The van der Waals surface area contributed by atoms with Gasteiger partial charge in [-0.3, -0.25) is 0 Å². The number of ether oxygens (including phenoxy) is 2. The Balaban J connectivity index is 1.63. The van der Waals surface area contributed by atoms with Crippen molar-refractivity contribution in [3.8, 4) is 5.75 Å². The van der Waals surface area contributed by atoms with Crippen LogP contribution in [-0.2, 0) is 4.74 Å². The monoisotopic (exact) mass is 314 g/mol. The van der Waals surface area contributed by atoms with Crippen molar-refractivity contribution in [1.29, 1.82) is 0 Å². The maximum absolute atomic E-state index is 13.0. The fourth-order valence-corrected chi connectivity index (χ4v) is 2.25. The van der Waals surface area contributed by atoms with E-state index in [0.717, 1.165) is 31.6 Å². The van der Waals surface area contributed by atoms with E-state index < -0.39 is 11.6 Å². The minimum absolute atomic E-state index is 0.0594. The van der Waals surface area contributed by atoms with Crippen molar-refractivity contribution in [1.82, 2.24) is 10.6 Å². The summed E-state index contributed by atoms with van der Waals surface area (Å²) < 4.78 is 36.4. The molecular weight excluding hydrogens is 294 g/mol. The number of halogens is 2. The second-order valence-electron chi connectivity index (χ2n) is 5.16. The third-order valence-corrected chi connectivity index (χ3v) is 3.43. The average Bonchev–Trinajstić information content (AvgIpc) is 3.01. The van der Waals surface area contributed by atoms with Gasteiger partial charge >= 0.3 is 6.03 Å². The Kier molecular flexibility index (Phi) is 5.94. The number of urea groups is 1. The molecule has 0 spiro atoms. The topological polar surface area (TPSA) is 59.6 Å². The van der Waals surface area contributed by atoms with E-state index >= 15 is 0 Å². The van der Waals surface area contributed by atoms with Crippen LogP contribution >= 0.6 is 0 Å². The Morgan fingerprint density at radius 3 is 2.95 bits per heavy atom. The molecule has 0 bridgehead atoms. The highest BCUT2D eigenvalue weighted by Gasteiger charge is 2.23. The first-order chi connectivity index (χ1) is 10.6. The van der Waals surface area contributed by atoms with Crippen molar-refractivity contribution >= 4 is 6.03 Å². The van der Waals surface area contributed by atoms with Crippen LogP contribution in [-0.4, -0.2) is 37.9 Å². The number of nitrogens with one attached hydrogen (secondary N) is 2. The second-order valence-corrected chi connectivity index (χ2v) is 5.16. The zero-order chi connectivity index (χ0) is 15.9. The fraction of sp³-hybridized carbons (Fsp3) is 0.533. The van der Waals surface area contributed by atoms with Crippen LogP contribution in [0.5, 0.6) is 5.75 Å². The molecular formula is C15H20F2N2O3. The molecule has 2 amide bonds. The fourth-order valence-electron chi connectivity index (χ4n) is 2.25. The van der Waals surface area contributed by atoms with Crippen molar-refractivity contribution in [2.75, 3.05) is 19.8 Å². The molecule has 7 heteroatoms. The van der Waals surface area contributed by atoms with Crippen LogP contribution in [0.25, 0.3) is 0 Å². The van der Waals surface area contributed by atoms with Gasteiger partial charge in [0.2, 0.25) is 0 Å². The van der Waals surface area contributed by atoms with Gasteiger partial charge in [0.15, 0.2) is 11.6 Å². The second kappa shape index (κ2) is 7.93. The molecule has 2 atom stereocenters. The first-order valence-corrected chi connectivity index (χ1v) is 7.30. The van der Waals surface area contributed by atoms with E-state index in [-0.39, 0.29) is 37.1 Å². The molecule has 0 aromatic heterocycles. The summed E-state index contributed by atoms with van der Waals surface area (Å²) in [5, 5.41) is 5.43. The number of hydrogen-bond donors (Lipinski definition) is 2. The van der Waals surface area contributed by atoms with Gasteiger partial charge in [-0.25, -0.2) is 13.6 Å². The number of hydrogen-bond acceptors (Lipinski definition) is 3. The zero-order valence-corrected chi connectivity index (χ0v) is 12.4. The zero-order valence-electron chi connectivity index (χ0n) is 12.4. The van der Waals surface area contributed by atoms with Crippen molar-refractivity contribution in [2.45, 2.75) is 31.9 Å². The summed E-state index contributed by atoms with van der Waals surface area (Å²) in [5.74, 6) is -1.67. The van der Waals surface area contributed by atoms with Crippen LogP contribution in [0.3, 0.4) is 0 Å². The molecule has 1 aromatic carbocycles. The van der Waals surface area contributed by atoms with Crippen LogP contribution in [0, 0.1) is 11.6 Å². The van der Waals surface area contributed by atoms with Crippen LogP contribution in [0.15, 0.2) is 18.2 Å². The normalized spacial score (nSPS) is 18.8. The highest BCUT2D eigenvalue weighted by Crippen LogP contribution is 2.16. The van der Waals surface area contributed by atoms with Crippen molar-refractivity contribution in [3.63, 3.8) is 0 Å². The number of carbonyl (C=O) groups is 1. The smallest absolute Gasteiger partial charge is 0.315 e. The number of carbonyl (C=O) groups excluding carboxylic acids is 1. The van der Waals surface area contributed by atoms with E-state index in [4.69, 9.17) is 9.47 Å². The lowest BCUT2D eigenvalue weighted by Gasteiger charge is -2.20. The Bertz CT molecular complexity index is 508. The molecule has 1 fully saturated rings. The van der Waals surface area contributed by atoms with E-state index in [0.29, 0.717) is 0 Å². The van der Waals surface area contributed by atoms with Crippen molar-refractivity contribution < 1.29 is 23.0 Å². The van der Waals surface area contributed by atoms with Crippen LogP contribution in [0.4, 0.5) is 13.6 Å². The molecule has 0 radical (unpaired) electrons. The molecule has 2 rings (SSSR count). The summed E-state index contributed by atoms with van der Waals surface area (Å²) in [7, 11) is 0. The first-order valence-electron chi connectivity index (χ1n) is 7.30. The molecule has 1 aromatic rings. The molecule has 22 heavy (non-hydrogen) atoms. The highest BCUT2D eigenvalue weighted by atomic mass is 19.2. The summed E-state index contributed by atoms with van der Waals surface area (Å²) in [6.07, 6.45) is 2.02. The van der Waals surface area contributed by atoms with E-state index in [9.17, 15) is 13.6 Å². The molecule has 2 N–H and O–H groups in total. The molecule has 0 saturated carbocycles. The Hall–Kier alpha value is -1.89. The number of rotatable bonds is 6. The lowest BCUT2D eigenvalue weighted by atomic mass is 10.1.